The molecule has 5 nitrogen and oxygen atoms in total. The average molecular weight is 491 g/mol. The van der Waals surface area contributed by atoms with Crippen LogP contribution < -0.4 is 0 Å². The third kappa shape index (κ3) is 3.85. The molecular formula is C30H50O5. The van der Waals surface area contributed by atoms with Gasteiger partial charge in [-0.25, -0.2) is 0 Å². The molecule has 0 aromatic heterocycles. The van der Waals surface area contributed by atoms with Crippen molar-refractivity contribution in [1.29, 1.82) is 0 Å². The second-order valence-corrected chi connectivity index (χ2v) is 14.3. The number of rotatable bonds is 6. The Labute approximate surface area is 212 Å². The maximum Gasteiger partial charge on any atom is 0.303 e. The highest BCUT2D eigenvalue weighted by Crippen LogP contribution is 2.74. The van der Waals surface area contributed by atoms with E-state index in [1.165, 1.54) is 5.57 Å². The lowest BCUT2D eigenvalue weighted by molar-refractivity contribution is -0.305. The van der Waals surface area contributed by atoms with Crippen molar-refractivity contribution >= 4 is 5.97 Å². The number of aliphatic carboxylic acids is 1. The van der Waals surface area contributed by atoms with Gasteiger partial charge >= 0.3 is 5.97 Å². The van der Waals surface area contributed by atoms with Gasteiger partial charge < -0.3 is 20.1 Å². The van der Waals surface area contributed by atoms with Crippen molar-refractivity contribution in [1.82, 2.24) is 0 Å². The van der Waals surface area contributed by atoms with E-state index in [0.717, 1.165) is 44.9 Å². The molecule has 1 heterocycles. The summed E-state index contributed by atoms with van der Waals surface area (Å²) in [5.41, 5.74) is -0.323. The van der Waals surface area contributed by atoms with Crippen LogP contribution in [-0.2, 0) is 9.53 Å². The fourth-order valence-electron chi connectivity index (χ4n) is 9.97. The first kappa shape index (κ1) is 27.1. The van der Waals surface area contributed by atoms with Crippen molar-refractivity contribution in [2.75, 3.05) is 0 Å². The molecule has 0 spiro atoms. The van der Waals surface area contributed by atoms with E-state index in [4.69, 9.17) is 4.74 Å². The van der Waals surface area contributed by atoms with E-state index < -0.39 is 23.0 Å². The van der Waals surface area contributed by atoms with E-state index in [2.05, 4.69) is 41.2 Å². The summed E-state index contributed by atoms with van der Waals surface area (Å²) in [7, 11) is 0. The molecule has 35 heavy (non-hydrogen) atoms. The Morgan fingerprint density at radius 2 is 1.60 bits per heavy atom. The van der Waals surface area contributed by atoms with Crippen LogP contribution >= 0.6 is 0 Å². The van der Waals surface area contributed by atoms with Crippen LogP contribution in [0.1, 0.15) is 113 Å². The number of hydrogen-bond donors (Lipinski definition) is 3. The van der Waals surface area contributed by atoms with Gasteiger partial charge in [-0.3, -0.25) is 4.79 Å². The predicted molar refractivity (Wildman–Crippen MR) is 138 cm³/mol. The van der Waals surface area contributed by atoms with Gasteiger partial charge in [0.25, 0.3) is 0 Å². The Morgan fingerprint density at radius 1 is 0.971 bits per heavy atom. The molecule has 4 rings (SSSR count). The molecule has 5 heteroatoms. The number of aliphatic hydroxyl groups is 2. The Hall–Kier alpha value is -0.910. The quantitative estimate of drug-likeness (QED) is 0.379. The standard InChI is InChI=1S/C30H50O5/c1-19(2)20-11-16-28(7)23(26(20,5)14-13-24(31)32)10-9-21-22(12-15-27(21,28)6)29(8)17-18-30(34,35-29)25(3,4)33/h20-23,33-34H,1,9-18H2,2-8H3,(H,31,32)/t20-,21+,22-,23+,26-,27+,28+,29-,30?/m0/s1. The molecule has 3 N–H and O–H groups in total. The van der Waals surface area contributed by atoms with Crippen LogP contribution in [0.2, 0.25) is 0 Å². The fourth-order valence-corrected chi connectivity index (χ4v) is 9.97. The highest BCUT2D eigenvalue weighted by atomic mass is 16.7. The van der Waals surface area contributed by atoms with Crippen LogP contribution in [0.3, 0.4) is 0 Å². The van der Waals surface area contributed by atoms with Gasteiger partial charge in [0, 0.05) is 12.8 Å². The normalized spacial score (nSPS) is 50.0. The molecule has 4 aliphatic rings. The highest BCUT2D eigenvalue weighted by Gasteiger charge is 2.69. The summed E-state index contributed by atoms with van der Waals surface area (Å²) in [6.45, 7) is 19.3. The number of fused-ring (bicyclic) bond motifs is 3. The largest absolute Gasteiger partial charge is 0.481 e. The van der Waals surface area contributed by atoms with E-state index >= 15 is 0 Å². The van der Waals surface area contributed by atoms with Crippen LogP contribution in [0.4, 0.5) is 0 Å². The van der Waals surface area contributed by atoms with Gasteiger partial charge in [0.1, 0.15) is 5.60 Å². The molecule has 1 saturated heterocycles. The molecule has 9 atom stereocenters. The summed E-state index contributed by atoms with van der Waals surface area (Å²) in [5.74, 6) is -0.513. The zero-order valence-corrected chi connectivity index (χ0v) is 23.2. The minimum atomic E-state index is -1.50. The van der Waals surface area contributed by atoms with Gasteiger partial charge in [-0.2, -0.15) is 0 Å². The maximum atomic E-state index is 11.6. The lowest BCUT2D eigenvalue weighted by Crippen LogP contribution is -2.60. The van der Waals surface area contributed by atoms with Crippen LogP contribution in [0.5, 0.6) is 0 Å². The summed E-state index contributed by atoms with van der Waals surface area (Å²) in [6, 6.07) is 0. The molecule has 4 fully saturated rings. The molecule has 200 valence electrons. The Bertz CT molecular complexity index is 876. The zero-order chi connectivity index (χ0) is 26.2. The molecule has 0 radical (unpaired) electrons. The topological polar surface area (TPSA) is 87.0 Å². The first-order valence-electron chi connectivity index (χ1n) is 14.0. The van der Waals surface area contributed by atoms with Crippen molar-refractivity contribution < 1.29 is 24.9 Å². The lowest BCUT2D eigenvalue weighted by atomic mass is 9.38. The molecule has 3 aliphatic carbocycles. The minimum absolute atomic E-state index is 0.0573. The van der Waals surface area contributed by atoms with Crippen LogP contribution in [0.15, 0.2) is 12.2 Å². The number of hydrogen-bond acceptors (Lipinski definition) is 4. The van der Waals surface area contributed by atoms with Crippen LogP contribution in [-0.4, -0.2) is 38.3 Å². The third-order valence-electron chi connectivity index (χ3n) is 12.2. The van der Waals surface area contributed by atoms with Gasteiger partial charge in [-0.1, -0.05) is 32.9 Å². The number of carboxylic acid groups (broad SMARTS) is 1. The smallest absolute Gasteiger partial charge is 0.303 e. The molecule has 1 unspecified atom stereocenters. The van der Waals surface area contributed by atoms with Crippen molar-refractivity contribution in [3.05, 3.63) is 12.2 Å². The van der Waals surface area contributed by atoms with Gasteiger partial charge in [-0.15, -0.1) is 0 Å². The summed E-state index contributed by atoms with van der Waals surface area (Å²) in [5, 5.41) is 31.3. The molecule has 0 amide bonds. The van der Waals surface area contributed by atoms with Crippen LogP contribution in [0, 0.1) is 39.9 Å². The van der Waals surface area contributed by atoms with Crippen LogP contribution in [0.25, 0.3) is 0 Å². The predicted octanol–water partition coefficient (Wildman–Crippen LogP) is 6.32. The molecule has 1 aliphatic heterocycles. The lowest BCUT2D eigenvalue weighted by Gasteiger charge is -2.66. The number of carbonyl (C=O) groups is 1. The molecule has 0 aromatic carbocycles. The van der Waals surface area contributed by atoms with Gasteiger partial charge in [0.05, 0.1) is 5.60 Å². The third-order valence-corrected chi connectivity index (χ3v) is 12.2. The summed E-state index contributed by atoms with van der Waals surface area (Å²) in [4.78, 5) is 11.6. The average Bonchev–Trinajstić information content (AvgIpc) is 3.25. The Balaban J connectivity index is 1.66. The van der Waals surface area contributed by atoms with Crippen molar-refractivity contribution in [3.63, 3.8) is 0 Å². The number of ether oxygens (including phenoxy) is 1. The molecule has 0 aromatic rings. The minimum Gasteiger partial charge on any atom is -0.481 e. The van der Waals surface area contributed by atoms with E-state index in [-0.39, 0.29) is 22.7 Å². The second-order valence-electron chi connectivity index (χ2n) is 14.3. The van der Waals surface area contributed by atoms with E-state index in [9.17, 15) is 20.1 Å². The SMILES string of the molecule is C=C(C)[C@@H]1CC[C@]2(C)[C@H](CC[C@@H]3[C@@H]([C@]4(C)CCC(O)(C(C)(C)O)O4)CC[C@]32C)[C@@]1(C)CCC(=O)O. The first-order chi connectivity index (χ1) is 15.9. The summed E-state index contributed by atoms with van der Waals surface area (Å²) >= 11 is 0. The molecular weight excluding hydrogens is 440 g/mol. The number of allylic oxidation sites excluding steroid dienone is 1. The van der Waals surface area contributed by atoms with Gasteiger partial charge in [0.15, 0.2) is 5.79 Å². The Morgan fingerprint density at radius 3 is 2.14 bits per heavy atom. The van der Waals surface area contributed by atoms with E-state index in [0.29, 0.717) is 36.5 Å². The van der Waals surface area contributed by atoms with Crippen molar-refractivity contribution in [2.45, 2.75) is 130 Å². The fraction of sp³-hybridized carbons (Fsp3) is 0.900. The first-order valence-corrected chi connectivity index (χ1v) is 14.0. The highest BCUT2D eigenvalue weighted by molar-refractivity contribution is 5.66. The zero-order valence-electron chi connectivity index (χ0n) is 23.2. The maximum absolute atomic E-state index is 11.6. The van der Waals surface area contributed by atoms with Gasteiger partial charge in [-0.05, 0) is 119 Å². The van der Waals surface area contributed by atoms with E-state index in [1.54, 1.807) is 13.8 Å². The molecule has 3 saturated carbocycles. The van der Waals surface area contributed by atoms with Crippen molar-refractivity contribution in [2.24, 2.45) is 39.9 Å². The van der Waals surface area contributed by atoms with Gasteiger partial charge in [0.2, 0.25) is 0 Å². The summed E-state index contributed by atoms with van der Waals surface area (Å²) < 4.78 is 6.43. The van der Waals surface area contributed by atoms with Crippen molar-refractivity contribution in [3.8, 4) is 0 Å². The Kier molecular flexibility index (Phi) is 6.43. The summed E-state index contributed by atoms with van der Waals surface area (Å²) in [6.07, 6.45) is 8.84. The monoisotopic (exact) mass is 490 g/mol. The number of carboxylic acids is 1. The van der Waals surface area contributed by atoms with E-state index in [1.807, 2.05) is 0 Å². The second kappa shape index (κ2) is 8.30. The molecule has 0 bridgehead atoms.